The molecular weight excluding hydrogens is 240 g/mol. The standard InChI is InChI=1S/C11H12N2O5/c1-17-10-7-8(3-4-9(10)13(15)16)11(14)12-5-2-6-18-12/h3-4,7H,2,5-6H2,1H3. The molecule has 1 heterocycles. The van der Waals surface area contributed by atoms with E-state index in [2.05, 4.69) is 0 Å². The molecule has 1 aliphatic heterocycles. The largest absolute Gasteiger partial charge is 0.490 e. The molecule has 0 spiro atoms. The molecule has 2 rings (SSSR count). The van der Waals surface area contributed by atoms with Gasteiger partial charge in [0, 0.05) is 17.7 Å². The molecule has 0 unspecified atom stereocenters. The Morgan fingerprint density at radius 1 is 1.56 bits per heavy atom. The van der Waals surface area contributed by atoms with Crippen molar-refractivity contribution < 1.29 is 19.3 Å². The van der Waals surface area contributed by atoms with Crippen molar-refractivity contribution >= 4 is 11.6 Å². The summed E-state index contributed by atoms with van der Waals surface area (Å²) >= 11 is 0. The van der Waals surface area contributed by atoms with Crippen LogP contribution in [-0.2, 0) is 4.84 Å². The number of nitrogens with zero attached hydrogens (tertiary/aromatic N) is 2. The van der Waals surface area contributed by atoms with Gasteiger partial charge in [-0.15, -0.1) is 0 Å². The number of benzene rings is 1. The van der Waals surface area contributed by atoms with Gasteiger partial charge in [-0.3, -0.25) is 19.7 Å². The lowest BCUT2D eigenvalue weighted by molar-refractivity contribution is -0.385. The van der Waals surface area contributed by atoms with Crippen molar-refractivity contribution in [2.75, 3.05) is 20.3 Å². The summed E-state index contributed by atoms with van der Waals surface area (Å²) in [5.41, 5.74) is 0.135. The number of amides is 1. The van der Waals surface area contributed by atoms with Gasteiger partial charge in [0.05, 0.1) is 25.2 Å². The summed E-state index contributed by atoms with van der Waals surface area (Å²) in [5, 5.41) is 12.0. The van der Waals surface area contributed by atoms with Crippen LogP contribution < -0.4 is 4.74 Å². The third-order valence-electron chi connectivity index (χ3n) is 2.60. The number of hydrogen-bond donors (Lipinski definition) is 0. The highest BCUT2D eigenvalue weighted by Crippen LogP contribution is 2.28. The molecule has 0 radical (unpaired) electrons. The van der Waals surface area contributed by atoms with Crippen molar-refractivity contribution in [1.29, 1.82) is 0 Å². The molecule has 0 aliphatic carbocycles. The van der Waals surface area contributed by atoms with Crippen LogP contribution in [0.25, 0.3) is 0 Å². The van der Waals surface area contributed by atoms with E-state index in [1.165, 1.54) is 30.4 Å². The zero-order valence-corrected chi connectivity index (χ0v) is 9.79. The second kappa shape index (κ2) is 5.01. The number of carbonyl (C=O) groups is 1. The van der Waals surface area contributed by atoms with Gasteiger partial charge in [-0.1, -0.05) is 0 Å². The lowest BCUT2D eigenvalue weighted by Gasteiger charge is -2.14. The van der Waals surface area contributed by atoms with Crippen LogP contribution in [0.2, 0.25) is 0 Å². The van der Waals surface area contributed by atoms with Crippen LogP contribution in [0.4, 0.5) is 5.69 Å². The van der Waals surface area contributed by atoms with Gasteiger partial charge < -0.3 is 4.74 Å². The maximum Gasteiger partial charge on any atom is 0.310 e. The molecule has 1 saturated heterocycles. The van der Waals surface area contributed by atoms with Crippen molar-refractivity contribution in [3.05, 3.63) is 33.9 Å². The number of methoxy groups -OCH3 is 1. The first-order valence-electron chi connectivity index (χ1n) is 5.40. The predicted molar refractivity (Wildman–Crippen MR) is 61.3 cm³/mol. The first-order chi connectivity index (χ1) is 8.63. The van der Waals surface area contributed by atoms with Gasteiger partial charge in [-0.2, -0.15) is 0 Å². The summed E-state index contributed by atoms with van der Waals surface area (Å²) in [6.45, 7) is 1.04. The minimum absolute atomic E-state index is 0.0602. The molecule has 7 heteroatoms. The predicted octanol–water partition coefficient (Wildman–Crippen LogP) is 1.38. The maximum absolute atomic E-state index is 12.0. The summed E-state index contributed by atoms with van der Waals surface area (Å²) in [5.74, 6) is -0.259. The van der Waals surface area contributed by atoms with E-state index >= 15 is 0 Å². The van der Waals surface area contributed by atoms with E-state index in [1.807, 2.05) is 0 Å². The highest BCUT2D eigenvalue weighted by molar-refractivity contribution is 5.94. The third-order valence-corrected chi connectivity index (χ3v) is 2.60. The smallest absolute Gasteiger partial charge is 0.310 e. The minimum Gasteiger partial charge on any atom is -0.490 e. The normalized spacial score (nSPS) is 14.6. The van der Waals surface area contributed by atoms with Gasteiger partial charge in [0.1, 0.15) is 0 Å². The van der Waals surface area contributed by atoms with Gasteiger partial charge in [0.15, 0.2) is 5.75 Å². The molecule has 0 atom stereocenters. The Morgan fingerprint density at radius 3 is 2.89 bits per heavy atom. The average molecular weight is 252 g/mol. The second-order valence-corrected chi connectivity index (χ2v) is 3.74. The van der Waals surface area contributed by atoms with Crippen molar-refractivity contribution in [1.82, 2.24) is 5.06 Å². The molecule has 96 valence electrons. The van der Waals surface area contributed by atoms with Crippen LogP contribution in [0.5, 0.6) is 5.75 Å². The van der Waals surface area contributed by atoms with E-state index < -0.39 is 4.92 Å². The molecule has 0 bridgehead atoms. The molecule has 1 aliphatic rings. The molecule has 1 fully saturated rings. The maximum atomic E-state index is 12.0. The number of carbonyl (C=O) groups excluding carboxylic acids is 1. The highest BCUT2D eigenvalue weighted by atomic mass is 16.7. The lowest BCUT2D eigenvalue weighted by atomic mass is 10.1. The highest BCUT2D eigenvalue weighted by Gasteiger charge is 2.23. The van der Waals surface area contributed by atoms with Crippen LogP contribution in [0, 0.1) is 10.1 Å². The van der Waals surface area contributed by atoms with Crippen molar-refractivity contribution in [3.8, 4) is 5.75 Å². The molecule has 1 amide bonds. The van der Waals surface area contributed by atoms with Crippen molar-refractivity contribution in [3.63, 3.8) is 0 Å². The monoisotopic (exact) mass is 252 g/mol. The Kier molecular flexibility index (Phi) is 3.42. The fourth-order valence-electron chi connectivity index (χ4n) is 1.71. The topological polar surface area (TPSA) is 81.9 Å². The van der Waals surface area contributed by atoms with Crippen LogP contribution in [0.1, 0.15) is 16.8 Å². The van der Waals surface area contributed by atoms with E-state index in [9.17, 15) is 14.9 Å². The SMILES string of the molecule is COc1cc(C(=O)N2CCCO2)ccc1[N+](=O)[O-]. The number of hydrogen-bond acceptors (Lipinski definition) is 5. The average Bonchev–Trinajstić information content (AvgIpc) is 2.90. The molecule has 0 saturated carbocycles. The van der Waals surface area contributed by atoms with E-state index in [1.54, 1.807) is 0 Å². The Hall–Kier alpha value is -2.15. The number of nitro groups is 1. The third kappa shape index (κ3) is 2.25. The van der Waals surface area contributed by atoms with E-state index in [4.69, 9.17) is 9.57 Å². The van der Waals surface area contributed by atoms with Gasteiger partial charge in [-0.05, 0) is 12.5 Å². The zero-order valence-electron chi connectivity index (χ0n) is 9.79. The summed E-state index contributed by atoms with van der Waals surface area (Å²) in [6.07, 6.45) is 0.788. The fraction of sp³-hybridized carbons (Fsp3) is 0.364. The van der Waals surface area contributed by atoms with E-state index in [0.717, 1.165) is 6.42 Å². The van der Waals surface area contributed by atoms with Crippen molar-refractivity contribution in [2.24, 2.45) is 0 Å². The van der Waals surface area contributed by atoms with E-state index in [0.29, 0.717) is 18.7 Å². The Balaban J connectivity index is 2.29. The molecule has 18 heavy (non-hydrogen) atoms. The van der Waals surface area contributed by atoms with Crippen LogP contribution in [0.15, 0.2) is 18.2 Å². The van der Waals surface area contributed by atoms with Gasteiger partial charge in [0.25, 0.3) is 5.91 Å². The summed E-state index contributed by atoms with van der Waals surface area (Å²) in [4.78, 5) is 27.3. The minimum atomic E-state index is -0.556. The lowest BCUT2D eigenvalue weighted by Crippen LogP contribution is -2.26. The van der Waals surface area contributed by atoms with Gasteiger partial charge >= 0.3 is 5.69 Å². The number of hydroxylamine groups is 2. The number of rotatable bonds is 3. The molecule has 0 aromatic heterocycles. The first-order valence-corrected chi connectivity index (χ1v) is 5.40. The molecule has 7 nitrogen and oxygen atoms in total. The Morgan fingerprint density at radius 2 is 2.33 bits per heavy atom. The Labute approximate surface area is 103 Å². The second-order valence-electron chi connectivity index (χ2n) is 3.74. The first kappa shape index (κ1) is 12.3. The summed E-state index contributed by atoms with van der Waals surface area (Å²) in [7, 11) is 1.32. The van der Waals surface area contributed by atoms with Crippen molar-refractivity contribution in [2.45, 2.75) is 6.42 Å². The zero-order chi connectivity index (χ0) is 13.1. The quantitative estimate of drug-likeness (QED) is 0.599. The molecule has 1 aromatic rings. The van der Waals surface area contributed by atoms with E-state index in [-0.39, 0.29) is 17.3 Å². The van der Waals surface area contributed by atoms with Crippen LogP contribution >= 0.6 is 0 Å². The van der Waals surface area contributed by atoms with Gasteiger partial charge in [0.2, 0.25) is 0 Å². The van der Waals surface area contributed by atoms with Crippen LogP contribution in [0.3, 0.4) is 0 Å². The van der Waals surface area contributed by atoms with Crippen LogP contribution in [-0.4, -0.2) is 36.2 Å². The molecule has 1 aromatic carbocycles. The van der Waals surface area contributed by atoms with Gasteiger partial charge in [-0.25, -0.2) is 5.06 Å². The fourth-order valence-corrected chi connectivity index (χ4v) is 1.71. The number of nitro benzene ring substituents is 1. The Bertz CT molecular complexity index is 482. The summed E-state index contributed by atoms with van der Waals surface area (Å²) < 4.78 is 4.91. The number of ether oxygens (including phenoxy) is 1. The molecular formula is C11H12N2O5. The summed E-state index contributed by atoms with van der Waals surface area (Å²) in [6, 6.07) is 3.99. The molecule has 0 N–H and O–H groups in total.